The van der Waals surface area contributed by atoms with Gasteiger partial charge < -0.3 is 14.2 Å². The van der Waals surface area contributed by atoms with Crippen LogP contribution in [0.25, 0.3) is 12.2 Å². The van der Waals surface area contributed by atoms with Crippen molar-refractivity contribution >= 4 is 34.7 Å². The maximum atomic E-state index is 11.7. The quantitative estimate of drug-likeness (QED) is 0.910. The molecule has 0 fully saturated rings. The molecule has 0 bridgehead atoms. The molecule has 0 radical (unpaired) electrons. The van der Waals surface area contributed by atoms with Gasteiger partial charge in [0.15, 0.2) is 10.9 Å². The summed E-state index contributed by atoms with van der Waals surface area (Å²) < 4.78 is 15.6. The maximum Gasteiger partial charge on any atom is 0.413 e. The summed E-state index contributed by atoms with van der Waals surface area (Å²) in [6.07, 6.45) is 3.10. The van der Waals surface area contributed by atoms with Gasteiger partial charge in [0.2, 0.25) is 6.79 Å². The predicted octanol–water partition coefficient (Wildman–Crippen LogP) is 3.78. The Morgan fingerprint density at radius 3 is 2.83 bits per heavy atom. The Morgan fingerprint density at radius 2 is 2.04 bits per heavy atom. The summed E-state index contributed by atoms with van der Waals surface area (Å²) >= 11 is 1.32. The molecule has 1 aliphatic heterocycles. The summed E-state index contributed by atoms with van der Waals surface area (Å²) in [6.45, 7) is 5.62. The normalized spacial score (nSPS) is 13.3. The van der Waals surface area contributed by atoms with E-state index in [2.05, 4.69) is 15.3 Å². The molecule has 8 heteroatoms. The van der Waals surface area contributed by atoms with E-state index in [0.717, 1.165) is 5.69 Å². The molecule has 0 aromatic carbocycles. The molecule has 24 heavy (non-hydrogen) atoms. The highest BCUT2D eigenvalue weighted by Gasteiger charge is 2.17. The van der Waals surface area contributed by atoms with Gasteiger partial charge in [-0.05, 0) is 45.1 Å². The molecule has 0 atom stereocenters. The van der Waals surface area contributed by atoms with Crippen LogP contribution in [0.4, 0.5) is 9.93 Å². The van der Waals surface area contributed by atoms with Crippen LogP contribution in [0.1, 0.15) is 32.2 Å². The fourth-order valence-electron chi connectivity index (χ4n) is 1.88. The summed E-state index contributed by atoms with van der Waals surface area (Å²) in [5.74, 6) is 1.13. The van der Waals surface area contributed by atoms with Gasteiger partial charge in [0.25, 0.3) is 5.88 Å². The second kappa shape index (κ2) is 6.48. The predicted molar refractivity (Wildman–Crippen MR) is 91.3 cm³/mol. The molecule has 0 saturated heterocycles. The number of thiazole rings is 1. The first kappa shape index (κ1) is 16.3. The first-order valence-electron chi connectivity index (χ1n) is 7.29. The van der Waals surface area contributed by atoms with Gasteiger partial charge in [-0.25, -0.2) is 14.8 Å². The topological polar surface area (TPSA) is 82.6 Å². The molecule has 1 N–H and O–H groups in total. The number of nitrogens with zero attached hydrogens (tertiary/aromatic N) is 2. The van der Waals surface area contributed by atoms with Crippen LogP contribution in [0.3, 0.4) is 0 Å². The van der Waals surface area contributed by atoms with Gasteiger partial charge in [-0.2, -0.15) is 0 Å². The molecule has 126 valence electrons. The van der Waals surface area contributed by atoms with Crippen molar-refractivity contribution in [2.24, 2.45) is 0 Å². The molecule has 7 nitrogen and oxygen atoms in total. The summed E-state index contributed by atoms with van der Waals surface area (Å²) in [5, 5.41) is 4.92. The number of aromatic nitrogens is 2. The SMILES string of the molecule is CC(C)(C)OC(=O)Nc1nc(C=Cc2ccc3c(n2)OCO3)cs1. The molecular formula is C16H17N3O4S. The minimum absolute atomic E-state index is 0.196. The zero-order valence-electron chi connectivity index (χ0n) is 13.5. The fraction of sp³-hybridized carbons (Fsp3) is 0.312. The van der Waals surface area contributed by atoms with Gasteiger partial charge in [0.05, 0.1) is 11.4 Å². The number of rotatable bonds is 3. The number of nitrogens with one attached hydrogen (secondary N) is 1. The highest BCUT2D eigenvalue weighted by Crippen LogP contribution is 2.29. The Bertz CT molecular complexity index is 780. The Kier molecular flexibility index (Phi) is 4.39. The molecule has 3 rings (SSSR count). The molecule has 0 spiro atoms. The van der Waals surface area contributed by atoms with Crippen molar-refractivity contribution < 1.29 is 19.0 Å². The zero-order valence-corrected chi connectivity index (χ0v) is 14.3. The van der Waals surface area contributed by atoms with E-state index in [1.54, 1.807) is 26.8 Å². The van der Waals surface area contributed by atoms with Crippen LogP contribution in [0.2, 0.25) is 0 Å². The molecule has 2 aromatic heterocycles. The largest absolute Gasteiger partial charge is 0.452 e. The van der Waals surface area contributed by atoms with Gasteiger partial charge >= 0.3 is 6.09 Å². The minimum Gasteiger partial charge on any atom is -0.452 e. The number of carbonyl (C=O) groups excluding carboxylic acids is 1. The van der Waals surface area contributed by atoms with Crippen molar-refractivity contribution in [3.05, 3.63) is 28.9 Å². The van der Waals surface area contributed by atoms with Crippen LogP contribution >= 0.6 is 11.3 Å². The Morgan fingerprint density at radius 1 is 1.25 bits per heavy atom. The molecular weight excluding hydrogens is 330 g/mol. The second-order valence-electron chi connectivity index (χ2n) is 5.98. The van der Waals surface area contributed by atoms with Gasteiger partial charge in [-0.15, -0.1) is 11.3 Å². The van der Waals surface area contributed by atoms with E-state index >= 15 is 0 Å². The third-order valence-electron chi connectivity index (χ3n) is 2.81. The van der Waals surface area contributed by atoms with Crippen molar-refractivity contribution in [3.63, 3.8) is 0 Å². The van der Waals surface area contributed by atoms with Crippen LogP contribution in [0.15, 0.2) is 17.5 Å². The summed E-state index contributed by atoms with van der Waals surface area (Å²) in [4.78, 5) is 20.3. The van der Waals surface area contributed by atoms with Crippen LogP contribution in [-0.4, -0.2) is 28.5 Å². The van der Waals surface area contributed by atoms with E-state index in [1.807, 2.05) is 23.6 Å². The first-order chi connectivity index (χ1) is 11.4. The molecule has 3 heterocycles. The van der Waals surface area contributed by atoms with Gasteiger partial charge in [-0.3, -0.25) is 5.32 Å². The van der Waals surface area contributed by atoms with Gasteiger partial charge in [-0.1, -0.05) is 0 Å². The van der Waals surface area contributed by atoms with Crippen molar-refractivity contribution in [1.29, 1.82) is 0 Å². The average molecular weight is 347 g/mol. The second-order valence-corrected chi connectivity index (χ2v) is 6.84. The number of amides is 1. The van der Waals surface area contributed by atoms with E-state index in [0.29, 0.717) is 22.5 Å². The van der Waals surface area contributed by atoms with Gasteiger partial charge in [0, 0.05) is 5.38 Å². The summed E-state index contributed by atoms with van der Waals surface area (Å²) in [7, 11) is 0. The van der Waals surface area contributed by atoms with Crippen LogP contribution < -0.4 is 14.8 Å². The van der Waals surface area contributed by atoms with Crippen LogP contribution in [0, 0.1) is 0 Å². The summed E-state index contributed by atoms with van der Waals surface area (Å²) in [6, 6.07) is 3.64. The smallest absolute Gasteiger partial charge is 0.413 e. The third-order valence-corrected chi connectivity index (χ3v) is 3.59. The van der Waals surface area contributed by atoms with E-state index in [-0.39, 0.29) is 6.79 Å². The lowest BCUT2D eigenvalue weighted by atomic mass is 10.2. The lowest BCUT2D eigenvalue weighted by Gasteiger charge is -2.18. The molecule has 0 saturated carbocycles. The maximum absolute atomic E-state index is 11.7. The van der Waals surface area contributed by atoms with Crippen LogP contribution in [-0.2, 0) is 4.74 Å². The number of anilines is 1. The zero-order chi connectivity index (χ0) is 17.2. The monoisotopic (exact) mass is 347 g/mol. The van der Waals surface area contributed by atoms with Crippen molar-refractivity contribution in [1.82, 2.24) is 9.97 Å². The molecule has 0 aliphatic carbocycles. The van der Waals surface area contributed by atoms with Gasteiger partial charge in [0.1, 0.15) is 5.60 Å². The molecule has 1 amide bonds. The molecule has 0 unspecified atom stereocenters. The van der Waals surface area contributed by atoms with Crippen molar-refractivity contribution in [2.75, 3.05) is 12.1 Å². The third kappa shape index (κ3) is 4.23. The summed E-state index contributed by atoms with van der Waals surface area (Å²) in [5.41, 5.74) is 0.897. The molecule has 2 aromatic rings. The average Bonchev–Trinajstić information content (AvgIpc) is 3.11. The highest BCUT2D eigenvalue weighted by atomic mass is 32.1. The lowest BCUT2D eigenvalue weighted by molar-refractivity contribution is 0.0636. The van der Waals surface area contributed by atoms with E-state index in [4.69, 9.17) is 14.2 Å². The number of ether oxygens (including phenoxy) is 3. The number of fused-ring (bicyclic) bond motifs is 1. The van der Waals surface area contributed by atoms with Crippen molar-refractivity contribution in [2.45, 2.75) is 26.4 Å². The Hall–Kier alpha value is -2.61. The van der Waals surface area contributed by atoms with Crippen molar-refractivity contribution in [3.8, 4) is 11.6 Å². The Labute approximate surface area is 143 Å². The number of hydrogen-bond donors (Lipinski definition) is 1. The molecule has 1 aliphatic rings. The standard InChI is InChI=1S/C16H17N3O4S/c1-16(2,3)23-15(20)19-14-18-11(8-24-14)5-4-10-6-7-12-13(17-10)22-9-21-12/h4-8H,9H2,1-3H3,(H,18,19,20). The van der Waals surface area contributed by atoms with Crippen LogP contribution in [0.5, 0.6) is 11.6 Å². The van der Waals surface area contributed by atoms with E-state index in [1.165, 1.54) is 11.3 Å². The number of carbonyl (C=O) groups is 1. The Balaban J connectivity index is 1.62. The number of hydrogen-bond acceptors (Lipinski definition) is 7. The van der Waals surface area contributed by atoms with E-state index < -0.39 is 11.7 Å². The number of pyridine rings is 1. The lowest BCUT2D eigenvalue weighted by Crippen LogP contribution is -2.27. The highest BCUT2D eigenvalue weighted by molar-refractivity contribution is 7.14. The minimum atomic E-state index is -0.547. The fourth-order valence-corrected chi connectivity index (χ4v) is 2.54. The van der Waals surface area contributed by atoms with E-state index in [9.17, 15) is 4.79 Å². The first-order valence-corrected chi connectivity index (χ1v) is 8.17.